The van der Waals surface area contributed by atoms with Gasteiger partial charge in [0.15, 0.2) is 0 Å². The van der Waals surface area contributed by atoms with E-state index in [-0.39, 0.29) is 12.1 Å². The molecule has 6 heteroatoms. The van der Waals surface area contributed by atoms with Crippen molar-refractivity contribution in [3.8, 4) is 0 Å². The van der Waals surface area contributed by atoms with Crippen molar-refractivity contribution in [3.63, 3.8) is 0 Å². The summed E-state index contributed by atoms with van der Waals surface area (Å²) in [5, 5.41) is 2.76. The van der Waals surface area contributed by atoms with Crippen molar-refractivity contribution in [2.45, 2.75) is 32.4 Å². The molecule has 0 aromatic heterocycles. The molecule has 0 atom stereocenters. The van der Waals surface area contributed by atoms with Gasteiger partial charge in [-0.05, 0) is 31.5 Å². The molecule has 14 heavy (non-hydrogen) atoms. The van der Waals surface area contributed by atoms with Gasteiger partial charge in [-0.3, -0.25) is 0 Å². The fraction of sp³-hybridized carbons (Fsp3) is 0.875. The van der Waals surface area contributed by atoms with Crippen LogP contribution in [0.25, 0.3) is 0 Å². The Morgan fingerprint density at radius 2 is 2.14 bits per heavy atom. The van der Waals surface area contributed by atoms with Gasteiger partial charge >= 0.3 is 6.09 Å². The zero-order valence-electron chi connectivity index (χ0n) is 8.54. The second kappa shape index (κ2) is 4.59. The number of hydrogen-bond acceptors (Lipinski definition) is 4. The smallest absolute Gasteiger partial charge is 0.407 e. The molecule has 0 aliphatic carbocycles. The molecule has 0 bridgehead atoms. The molecule has 1 aliphatic rings. The van der Waals surface area contributed by atoms with Gasteiger partial charge in [-0.15, -0.1) is 0 Å². The van der Waals surface area contributed by atoms with Gasteiger partial charge in [0.05, 0.1) is 6.04 Å². The first-order valence-corrected chi connectivity index (χ1v) is 6.04. The monoisotopic (exact) mass is 238 g/mol. The van der Waals surface area contributed by atoms with Crippen molar-refractivity contribution in [1.29, 1.82) is 0 Å². The standard InChI is InChI=1S/C8H15ClN2O2S/c1-8(2,3)13-7(12)10-6-4-11(5-6)14-9/h6H,4-5H2,1-3H3,(H,10,12). The lowest BCUT2D eigenvalue weighted by Crippen LogP contribution is -2.56. The summed E-state index contributed by atoms with van der Waals surface area (Å²) in [6.07, 6.45) is -0.360. The molecule has 1 heterocycles. The maximum atomic E-state index is 11.3. The molecule has 0 radical (unpaired) electrons. The Hall–Kier alpha value is -0.130. The molecule has 0 spiro atoms. The van der Waals surface area contributed by atoms with E-state index in [0.29, 0.717) is 0 Å². The number of carbonyl (C=O) groups excluding carboxylic acids is 1. The Morgan fingerprint density at radius 3 is 2.57 bits per heavy atom. The van der Waals surface area contributed by atoms with Crippen LogP contribution in [-0.2, 0) is 4.74 Å². The number of alkyl carbamates (subject to hydrolysis) is 1. The molecular formula is C8H15ClN2O2S. The molecule has 0 aromatic rings. The van der Waals surface area contributed by atoms with Crippen LogP contribution in [0, 0.1) is 0 Å². The first-order valence-electron chi connectivity index (χ1n) is 4.44. The highest BCUT2D eigenvalue weighted by Crippen LogP contribution is 2.22. The van der Waals surface area contributed by atoms with Gasteiger partial charge in [0, 0.05) is 24.3 Å². The lowest BCUT2D eigenvalue weighted by molar-refractivity contribution is 0.0465. The van der Waals surface area contributed by atoms with Crippen LogP contribution in [0.2, 0.25) is 0 Å². The minimum Gasteiger partial charge on any atom is -0.444 e. The average molecular weight is 239 g/mol. The fourth-order valence-corrected chi connectivity index (χ4v) is 1.87. The number of nitrogens with one attached hydrogen (secondary N) is 1. The van der Waals surface area contributed by atoms with Gasteiger partial charge < -0.3 is 10.1 Å². The molecule has 0 unspecified atom stereocenters. The first kappa shape index (κ1) is 11.9. The number of carbonyl (C=O) groups is 1. The van der Waals surface area contributed by atoms with E-state index in [9.17, 15) is 4.79 Å². The van der Waals surface area contributed by atoms with Crippen LogP contribution in [0.1, 0.15) is 20.8 Å². The Bertz CT molecular complexity index is 214. The van der Waals surface area contributed by atoms with Crippen molar-refractivity contribution in [1.82, 2.24) is 9.62 Å². The summed E-state index contributed by atoms with van der Waals surface area (Å²) in [5.74, 6) is 0. The van der Waals surface area contributed by atoms with Crippen LogP contribution in [0.3, 0.4) is 0 Å². The Kier molecular flexibility index (Phi) is 3.92. The van der Waals surface area contributed by atoms with E-state index in [0.717, 1.165) is 13.1 Å². The predicted octanol–water partition coefficient (Wildman–Crippen LogP) is 2.00. The van der Waals surface area contributed by atoms with Crippen LogP contribution in [0.4, 0.5) is 4.79 Å². The van der Waals surface area contributed by atoms with Crippen LogP contribution in [-0.4, -0.2) is 35.1 Å². The Balaban J connectivity index is 2.17. The van der Waals surface area contributed by atoms with E-state index in [1.165, 1.54) is 11.2 Å². The number of amides is 1. The fourth-order valence-electron chi connectivity index (χ4n) is 1.06. The molecule has 0 aromatic carbocycles. The van der Waals surface area contributed by atoms with Crippen molar-refractivity contribution in [2.24, 2.45) is 0 Å². The third kappa shape index (κ3) is 3.94. The van der Waals surface area contributed by atoms with E-state index in [2.05, 4.69) is 5.32 Å². The van der Waals surface area contributed by atoms with E-state index in [1.807, 2.05) is 25.1 Å². The van der Waals surface area contributed by atoms with Gasteiger partial charge in [0.2, 0.25) is 0 Å². The summed E-state index contributed by atoms with van der Waals surface area (Å²) < 4.78 is 7.05. The molecule has 1 aliphatic heterocycles. The molecule has 0 saturated carbocycles. The summed E-state index contributed by atoms with van der Waals surface area (Å²) in [6.45, 7) is 7.07. The van der Waals surface area contributed by atoms with Crippen molar-refractivity contribution in [2.75, 3.05) is 13.1 Å². The lowest BCUT2D eigenvalue weighted by atomic mass is 10.2. The third-order valence-electron chi connectivity index (χ3n) is 1.67. The zero-order chi connectivity index (χ0) is 10.8. The minimum atomic E-state index is -0.436. The SMILES string of the molecule is CC(C)(C)OC(=O)NC1CN(SCl)C1. The topological polar surface area (TPSA) is 41.6 Å². The first-order chi connectivity index (χ1) is 6.40. The quantitative estimate of drug-likeness (QED) is 0.748. The molecule has 1 saturated heterocycles. The predicted molar refractivity (Wildman–Crippen MR) is 58.2 cm³/mol. The lowest BCUT2D eigenvalue weighted by Gasteiger charge is -2.36. The van der Waals surface area contributed by atoms with Gasteiger partial charge in [-0.2, -0.15) is 0 Å². The Labute approximate surface area is 92.9 Å². The number of rotatable bonds is 2. The number of ether oxygens (including phenoxy) is 1. The summed E-state index contributed by atoms with van der Waals surface area (Å²) in [5.41, 5.74) is -0.436. The van der Waals surface area contributed by atoms with Crippen LogP contribution in [0.5, 0.6) is 0 Å². The van der Waals surface area contributed by atoms with Gasteiger partial charge in [-0.25, -0.2) is 9.10 Å². The number of halogens is 1. The molecule has 1 N–H and O–H groups in total. The second-order valence-corrected chi connectivity index (χ2v) is 5.33. The number of hydrogen-bond donors (Lipinski definition) is 1. The highest BCUT2D eigenvalue weighted by molar-refractivity contribution is 8.19. The molecule has 82 valence electrons. The second-order valence-electron chi connectivity index (χ2n) is 4.26. The third-order valence-corrected chi connectivity index (χ3v) is 2.75. The van der Waals surface area contributed by atoms with Gasteiger partial charge in [0.1, 0.15) is 5.60 Å². The molecule has 1 fully saturated rings. The maximum Gasteiger partial charge on any atom is 0.407 e. The van der Waals surface area contributed by atoms with Crippen LogP contribution >= 0.6 is 21.8 Å². The average Bonchev–Trinajstić information content (AvgIpc) is 1.91. The van der Waals surface area contributed by atoms with Gasteiger partial charge in [-0.1, -0.05) is 0 Å². The molecule has 1 amide bonds. The van der Waals surface area contributed by atoms with Crippen LogP contribution in [0.15, 0.2) is 0 Å². The zero-order valence-corrected chi connectivity index (χ0v) is 10.1. The summed E-state index contributed by atoms with van der Waals surface area (Å²) in [4.78, 5) is 11.3. The summed E-state index contributed by atoms with van der Waals surface area (Å²) in [6, 6.07) is 0.163. The van der Waals surface area contributed by atoms with Crippen molar-refractivity contribution < 1.29 is 9.53 Å². The van der Waals surface area contributed by atoms with Gasteiger partial charge in [0.25, 0.3) is 0 Å². The van der Waals surface area contributed by atoms with E-state index >= 15 is 0 Å². The maximum absolute atomic E-state index is 11.3. The minimum absolute atomic E-state index is 0.163. The number of nitrogens with zero attached hydrogens (tertiary/aromatic N) is 1. The highest BCUT2D eigenvalue weighted by Gasteiger charge is 2.29. The summed E-state index contributed by atoms with van der Waals surface area (Å²) in [7, 11) is 5.51. The molecule has 4 nitrogen and oxygen atoms in total. The Morgan fingerprint density at radius 1 is 1.57 bits per heavy atom. The van der Waals surface area contributed by atoms with E-state index in [4.69, 9.17) is 15.4 Å². The van der Waals surface area contributed by atoms with E-state index < -0.39 is 5.60 Å². The van der Waals surface area contributed by atoms with Crippen LogP contribution < -0.4 is 5.32 Å². The summed E-state index contributed by atoms with van der Waals surface area (Å²) >= 11 is 1.17. The molecular weight excluding hydrogens is 224 g/mol. The van der Waals surface area contributed by atoms with E-state index in [1.54, 1.807) is 0 Å². The van der Waals surface area contributed by atoms with Crippen molar-refractivity contribution >= 4 is 27.9 Å². The molecule has 1 rings (SSSR count). The van der Waals surface area contributed by atoms with Crippen molar-refractivity contribution in [3.05, 3.63) is 0 Å². The normalized spacial score (nSPS) is 18.9. The highest BCUT2D eigenvalue weighted by atomic mass is 35.7. The largest absolute Gasteiger partial charge is 0.444 e.